The Morgan fingerprint density at radius 3 is 2.27 bits per heavy atom. The van der Waals surface area contributed by atoms with Crippen LogP contribution in [0, 0.1) is 17.8 Å². The number of aromatic carboxylic acids is 1. The second kappa shape index (κ2) is 10.3. The van der Waals surface area contributed by atoms with E-state index in [0.717, 1.165) is 39.1 Å². The third-order valence-corrected chi connectivity index (χ3v) is 10.5. The third-order valence-electron chi connectivity index (χ3n) is 10.5. The number of hydrogen-bond donors (Lipinski definition) is 2. The smallest absolute Gasteiger partial charge is 0.335 e. The number of imide groups is 2. The van der Waals surface area contributed by atoms with E-state index in [2.05, 4.69) is 17.4 Å². The Hall–Kier alpha value is -4.98. The molecule has 0 atom stereocenters. The number of nitrogens with one attached hydrogen (secondary N) is 1. The highest BCUT2D eigenvalue weighted by molar-refractivity contribution is 6.39. The molecular weight excluding hydrogens is 566 g/mol. The third kappa shape index (κ3) is 4.67. The number of urea groups is 1. The molecule has 5 fully saturated rings. The van der Waals surface area contributed by atoms with Crippen molar-refractivity contribution in [3.05, 3.63) is 107 Å². The number of barbiturate groups is 1. The highest BCUT2D eigenvalue weighted by Crippen LogP contribution is 2.60. The van der Waals surface area contributed by atoms with Gasteiger partial charge in [0.1, 0.15) is 5.57 Å². The maximum atomic E-state index is 13.8. The largest absolute Gasteiger partial charge is 0.478 e. The number of carboxylic acid groups (broad SMARTS) is 1. The number of fused-ring (bicyclic) bond motifs is 1. The Kier molecular flexibility index (Phi) is 6.31. The molecule has 4 aliphatic carbocycles. The average molecular weight is 600 g/mol. The van der Waals surface area contributed by atoms with Gasteiger partial charge >= 0.3 is 12.0 Å². The average Bonchev–Trinajstić information content (AvgIpc) is 3.35. The summed E-state index contributed by atoms with van der Waals surface area (Å²) in [6.45, 7) is 0.394. The zero-order valence-corrected chi connectivity index (χ0v) is 24.7. The summed E-state index contributed by atoms with van der Waals surface area (Å²) in [7, 11) is 0. The molecular formula is C37H33N3O5. The molecule has 0 unspecified atom stereocenters. The lowest BCUT2D eigenvalue weighted by Gasteiger charge is -2.57. The van der Waals surface area contributed by atoms with Gasteiger partial charge in [-0.1, -0.05) is 42.5 Å². The van der Waals surface area contributed by atoms with Crippen LogP contribution in [0.15, 0.2) is 84.6 Å². The van der Waals surface area contributed by atoms with E-state index < -0.39 is 23.8 Å². The van der Waals surface area contributed by atoms with Crippen molar-refractivity contribution in [1.82, 2.24) is 9.88 Å². The first-order valence-electron chi connectivity index (χ1n) is 15.7. The van der Waals surface area contributed by atoms with Crippen molar-refractivity contribution < 1.29 is 24.3 Å². The Bertz CT molecular complexity index is 1900. The number of para-hydroxylation sites is 1. The van der Waals surface area contributed by atoms with E-state index in [-0.39, 0.29) is 16.6 Å². The lowest BCUT2D eigenvalue weighted by atomic mass is 9.48. The fraction of sp³-hybridized carbons (Fsp3) is 0.297. The van der Waals surface area contributed by atoms with E-state index in [9.17, 15) is 24.3 Å². The normalized spacial score (nSPS) is 26.6. The van der Waals surface area contributed by atoms with E-state index in [1.54, 1.807) is 18.2 Å². The van der Waals surface area contributed by atoms with Crippen LogP contribution in [0.3, 0.4) is 0 Å². The Labute approximate surface area is 260 Å². The zero-order chi connectivity index (χ0) is 30.9. The first-order valence-corrected chi connectivity index (χ1v) is 15.7. The number of carbonyl (C=O) groups is 4. The van der Waals surface area contributed by atoms with Gasteiger partial charge in [-0.3, -0.25) is 14.9 Å². The van der Waals surface area contributed by atoms with Crippen LogP contribution in [0.4, 0.5) is 10.5 Å². The number of aromatic nitrogens is 1. The molecule has 4 aromatic rings. The molecule has 5 aliphatic rings. The Morgan fingerprint density at radius 1 is 0.889 bits per heavy atom. The van der Waals surface area contributed by atoms with E-state index in [1.807, 2.05) is 53.2 Å². The fourth-order valence-corrected chi connectivity index (χ4v) is 9.00. The molecule has 8 heteroatoms. The molecule has 3 aromatic carbocycles. The molecule has 45 heavy (non-hydrogen) atoms. The van der Waals surface area contributed by atoms with Crippen molar-refractivity contribution in [1.29, 1.82) is 0 Å². The predicted molar refractivity (Wildman–Crippen MR) is 170 cm³/mol. The molecule has 0 radical (unpaired) electrons. The number of rotatable bonds is 6. The van der Waals surface area contributed by atoms with Gasteiger partial charge in [0.2, 0.25) is 0 Å². The van der Waals surface area contributed by atoms with Crippen LogP contribution in [0.1, 0.15) is 65.6 Å². The van der Waals surface area contributed by atoms with Crippen molar-refractivity contribution in [2.75, 3.05) is 4.90 Å². The minimum Gasteiger partial charge on any atom is -0.478 e. The highest BCUT2D eigenvalue weighted by Gasteiger charge is 2.51. The van der Waals surface area contributed by atoms with E-state index in [4.69, 9.17) is 0 Å². The maximum Gasteiger partial charge on any atom is 0.335 e. The quantitative estimate of drug-likeness (QED) is 0.194. The molecule has 4 saturated carbocycles. The summed E-state index contributed by atoms with van der Waals surface area (Å²) in [4.78, 5) is 52.4. The van der Waals surface area contributed by atoms with Gasteiger partial charge in [-0.15, -0.1) is 0 Å². The predicted octanol–water partition coefficient (Wildman–Crippen LogP) is 6.52. The van der Waals surface area contributed by atoms with E-state index >= 15 is 0 Å². The monoisotopic (exact) mass is 599 g/mol. The summed E-state index contributed by atoms with van der Waals surface area (Å²) in [6.07, 6.45) is 11.1. The number of hydrogen-bond acceptors (Lipinski definition) is 4. The van der Waals surface area contributed by atoms with E-state index in [1.165, 1.54) is 50.2 Å². The van der Waals surface area contributed by atoms with Crippen molar-refractivity contribution >= 4 is 46.5 Å². The van der Waals surface area contributed by atoms with Gasteiger partial charge in [0.25, 0.3) is 11.8 Å². The minimum atomic E-state index is -0.997. The van der Waals surface area contributed by atoms with Crippen LogP contribution in [0.25, 0.3) is 17.0 Å². The minimum absolute atomic E-state index is 0.129. The second-order valence-corrected chi connectivity index (χ2v) is 13.4. The summed E-state index contributed by atoms with van der Waals surface area (Å²) >= 11 is 0. The molecule has 1 saturated heterocycles. The van der Waals surface area contributed by atoms with Gasteiger partial charge < -0.3 is 9.67 Å². The zero-order valence-electron chi connectivity index (χ0n) is 24.7. The van der Waals surface area contributed by atoms with Crippen LogP contribution < -0.4 is 10.2 Å². The number of amides is 4. The van der Waals surface area contributed by atoms with Crippen LogP contribution in [-0.2, 0) is 21.5 Å². The standard InChI is InChI=1S/C37H33N3O5/c41-33-31(16-27-21-39(32-7-2-1-6-30(27)32)20-22-4-3-5-26(15-22)35(43)44)34(42)40(36(45)38-33)29-10-8-28(9-11-29)37-17-23-12-24(18-37)14-25(13-23)19-37/h1-11,15-16,21,23-25H,12-14,17-20H2,(H,43,44)(H,38,41,45)/b31-16+. The Morgan fingerprint density at radius 2 is 1.58 bits per heavy atom. The molecule has 9 rings (SSSR count). The highest BCUT2D eigenvalue weighted by atomic mass is 16.4. The molecule has 8 nitrogen and oxygen atoms in total. The molecule has 1 aliphatic heterocycles. The second-order valence-electron chi connectivity index (χ2n) is 13.4. The van der Waals surface area contributed by atoms with Gasteiger partial charge in [0, 0.05) is 29.2 Å². The fourth-order valence-electron chi connectivity index (χ4n) is 9.00. The lowest BCUT2D eigenvalue weighted by molar-refractivity contribution is -0.122. The van der Waals surface area contributed by atoms with Gasteiger partial charge in [0.15, 0.2) is 0 Å². The summed E-state index contributed by atoms with van der Waals surface area (Å²) < 4.78 is 1.96. The topological polar surface area (TPSA) is 109 Å². The van der Waals surface area contributed by atoms with Crippen LogP contribution in [-0.4, -0.2) is 33.5 Å². The van der Waals surface area contributed by atoms with Crippen LogP contribution in [0.5, 0.6) is 0 Å². The molecule has 2 heterocycles. The number of benzene rings is 3. The van der Waals surface area contributed by atoms with E-state index in [0.29, 0.717) is 17.8 Å². The number of nitrogens with zero attached hydrogens (tertiary/aromatic N) is 2. The molecule has 2 N–H and O–H groups in total. The number of anilines is 1. The lowest BCUT2D eigenvalue weighted by Crippen LogP contribution is -2.54. The molecule has 226 valence electrons. The first kappa shape index (κ1) is 27.6. The SMILES string of the molecule is O=C1NC(=O)N(c2ccc(C34CC5CC(CC(C5)C3)C4)cc2)C(=O)/C1=C/c1cn(Cc2cccc(C(=O)O)c2)c2ccccc12. The Balaban J connectivity index is 1.10. The van der Waals surface area contributed by atoms with Crippen molar-refractivity contribution in [2.45, 2.75) is 50.5 Å². The first-order chi connectivity index (χ1) is 21.8. The summed E-state index contributed by atoms with van der Waals surface area (Å²) in [5.74, 6) is 0.0254. The van der Waals surface area contributed by atoms with Gasteiger partial charge in [0.05, 0.1) is 11.3 Å². The molecule has 4 amide bonds. The number of carboxylic acids is 1. The summed E-state index contributed by atoms with van der Waals surface area (Å²) in [5, 5.41) is 12.6. The van der Waals surface area contributed by atoms with Crippen LogP contribution >= 0.6 is 0 Å². The molecule has 4 bridgehead atoms. The van der Waals surface area contributed by atoms with Crippen molar-refractivity contribution in [3.8, 4) is 0 Å². The molecule has 1 aromatic heterocycles. The van der Waals surface area contributed by atoms with Gasteiger partial charge in [-0.05, 0) is 109 Å². The van der Waals surface area contributed by atoms with Crippen LogP contribution in [0.2, 0.25) is 0 Å². The van der Waals surface area contributed by atoms with Crippen molar-refractivity contribution in [3.63, 3.8) is 0 Å². The molecule has 0 spiro atoms. The van der Waals surface area contributed by atoms with Gasteiger partial charge in [-0.25, -0.2) is 14.5 Å². The van der Waals surface area contributed by atoms with Gasteiger partial charge in [-0.2, -0.15) is 0 Å². The van der Waals surface area contributed by atoms with Crippen molar-refractivity contribution in [2.24, 2.45) is 17.8 Å². The summed E-state index contributed by atoms with van der Waals surface area (Å²) in [6, 6.07) is 21.4. The number of carbonyl (C=O) groups excluding carboxylic acids is 3. The summed E-state index contributed by atoms with van der Waals surface area (Å²) in [5.41, 5.74) is 4.31. The maximum absolute atomic E-state index is 13.8.